The maximum atomic E-state index is 8.83. The van der Waals surface area contributed by atoms with Gasteiger partial charge >= 0.3 is 5.69 Å². The average molecular weight is 120 g/mol. The van der Waals surface area contributed by atoms with Crippen molar-refractivity contribution in [1.29, 1.82) is 0 Å². The van der Waals surface area contributed by atoms with Crippen LogP contribution in [0.1, 0.15) is 0 Å². The molecule has 0 saturated carbocycles. The molecule has 1 N–H and O–H groups in total. The number of benzene rings is 1. The van der Waals surface area contributed by atoms with E-state index >= 15 is 0 Å². The van der Waals surface area contributed by atoms with Crippen molar-refractivity contribution in [3.63, 3.8) is 0 Å². The second-order valence-electron chi connectivity index (χ2n) is 1.65. The highest BCUT2D eigenvalue weighted by Crippen LogP contribution is 2.17. The second-order valence-corrected chi connectivity index (χ2v) is 1.65. The quantitative estimate of drug-likeness (QED) is 0.556. The zero-order chi connectivity index (χ0) is 6.69. The van der Waals surface area contributed by atoms with Crippen molar-refractivity contribution in [3.8, 4) is 12.3 Å². The number of phenols is 1. The number of hydrogen-bond donors (Lipinski definition) is 1. The maximum Gasteiger partial charge on any atom is 0.343 e. The Labute approximate surface area is 53.2 Å². The maximum absolute atomic E-state index is 8.83. The SMILES string of the molecule is C#[N+]c1cccc(O)c1. The van der Waals surface area contributed by atoms with Crippen LogP contribution in [-0.2, 0) is 0 Å². The normalized spacial score (nSPS) is 8.33. The molecular weight excluding hydrogens is 114 g/mol. The minimum Gasteiger partial charge on any atom is -0.508 e. The van der Waals surface area contributed by atoms with Gasteiger partial charge in [-0.2, -0.15) is 0 Å². The van der Waals surface area contributed by atoms with Crippen molar-refractivity contribution in [1.82, 2.24) is 0 Å². The number of rotatable bonds is 0. The first-order valence-electron chi connectivity index (χ1n) is 2.53. The standard InChI is InChI=1S/C7H5NO/c1-8-6-3-2-4-7(9)5-6/h1-5H/p+1. The van der Waals surface area contributed by atoms with Crippen LogP contribution < -0.4 is 0 Å². The van der Waals surface area contributed by atoms with E-state index in [-0.39, 0.29) is 5.75 Å². The summed E-state index contributed by atoms with van der Waals surface area (Å²) < 4.78 is 0. The summed E-state index contributed by atoms with van der Waals surface area (Å²) >= 11 is 0. The molecule has 0 saturated heterocycles. The number of hydrogen-bond acceptors (Lipinski definition) is 1. The molecule has 0 bridgehead atoms. The van der Waals surface area contributed by atoms with Gasteiger partial charge in [0.2, 0.25) is 0 Å². The molecule has 0 aliphatic rings. The highest BCUT2D eigenvalue weighted by molar-refractivity contribution is 5.48. The van der Waals surface area contributed by atoms with Crippen molar-refractivity contribution in [3.05, 3.63) is 29.1 Å². The molecule has 2 heteroatoms. The third-order valence-electron chi connectivity index (χ3n) is 0.979. The average Bonchev–Trinajstić information content (AvgIpc) is 1.88. The van der Waals surface area contributed by atoms with Gasteiger partial charge in [-0.3, -0.25) is 0 Å². The van der Waals surface area contributed by atoms with Gasteiger partial charge in [-0.1, -0.05) is 6.07 Å². The van der Waals surface area contributed by atoms with Crippen LogP contribution >= 0.6 is 0 Å². The third-order valence-corrected chi connectivity index (χ3v) is 0.979. The van der Waals surface area contributed by atoms with E-state index in [2.05, 4.69) is 4.85 Å². The van der Waals surface area contributed by atoms with Gasteiger partial charge in [-0.15, -0.1) is 0 Å². The molecule has 2 nitrogen and oxygen atoms in total. The lowest BCUT2D eigenvalue weighted by Crippen LogP contribution is -1.60. The third kappa shape index (κ3) is 1.20. The molecule has 0 heterocycles. The highest BCUT2D eigenvalue weighted by atomic mass is 16.3. The molecule has 0 fully saturated rings. The molecule has 0 aliphatic carbocycles. The van der Waals surface area contributed by atoms with Gasteiger partial charge in [0.05, 0.1) is 6.07 Å². The summed E-state index contributed by atoms with van der Waals surface area (Å²) in [6, 6.07) is 6.44. The predicted octanol–water partition coefficient (Wildman–Crippen LogP) is 1.99. The van der Waals surface area contributed by atoms with Crippen LogP contribution in [0.15, 0.2) is 24.3 Å². The first-order chi connectivity index (χ1) is 4.33. The van der Waals surface area contributed by atoms with Gasteiger partial charge in [-0.05, 0) is 10.9 Å². The van der Waals surface area contributed by atoms with Gasteiger partial charge < -0.3 is 5.11 Å². The Morgan fingerprint density at radius 3 is 2.67 bits per heavy atom. The van der Waals surface area contributed by atoms with E-state index in [4.69, 9.17) is 11.7 Å². The van der Waals surface area contributed by atoms with Crippen molar-refractivity contribution in [2.45, 2.75) is 0 Å². The zero-order valence-electron chi connectivity index (χ0n) is 4.78. The van der Waals surface area contributed by atoms with Crippen LogP contribution in [0.25, 0.3) is 4.85 Å². The molecule has 1 aromatic rings. The van der Waals surface area contributed by atoms with Crippen molar-refractivity contribution < 1.29 is 5.11 Å². The van der Waals surface area contributed by atoms with E-state index in [1.165, 1.54) is 6.07 Å². The first kappa shape index (κ1) is 5.64. The Hall–Kier alpha value is -1.49. The Balaban J connectivity index is 3.12. The summed E-state index contributed by atoms with van der Waals surface area (Å²) in [5, 5.41) is 8.83. The Morgan fingerprint density at radius 1 is 1.44 bits per heavy atom. The van der Waals surface area contributed by atoms with Gasteiger partial charge in [0.1, 0.15) is 5.75 Å². The molecule has 0 spiro atoms. The fraction of sp³-hybridized carbons (Fsp3) is 0. The van der Waals surface area contributed by atoms with Crippen molar-refractivity contribution in [2.75, 3.05) is 0 Å². The summed E-state index contributed by atoms with van der Waals surface area (Å²) in [6.07, 6.45) is 0. The number of nitrogens with zero attached hydrogens (tertiary/aromatic N) is 1. The molecule has 1 rings (SSSR count). The molecule has 0 aromatic heterocycles. The summed E-state index contributed by atoms with van der Waals surface area (Å²) in [4.78, 5) is 3.37. The van der Waals surface area contributed by atoms with Gasteiger partial charge in [0.15, 0.2) is 0 Å². The summed E-state index contributed by atoms with van der Waals surface area (Å²) in [5.74, 6) is 0.182. The lowest BCUT2D eigenvalue weighted by Gasteiger charge is -1.82. The first-order valence-corrected chi connectivity index (χ1v) is 2.53. The molecule has 0 radical (unpaired) electrons. The summed E-state index contributed by atoms with van der Waals surface area (Å²) in [7, 11) is 0. The molecular formula is C7H6NO+. The molecule has 0 amide bonds. The van der Waals surface area contributed by atoms with E-state index < -0.39 is 0 Å². The monoisotopic (exact) mass is 120 g/mol. The fourth-order valence-corrected chi connectivity index (χ4v) is 0.573. The second kappa shape index (κ2) is 2.19. The largest absolute Gasteiger partial charge is 0.508 e. The fourth-order valence-electron chi connectivity index (χ4n) is 0.573. The van der Waals surface area contributed by atoms with Crippen LogP contribution in [0.3, 0.4) is 0 Å². The molecule has 1 aromatic carbocycles. The van der Waals surface area contributed by atoms with E-state index in [1.807, 2.05) is 0 Å². The van der Waals surface area contributed by atoms with Gasteiger partial charge in [0, 0.05) is 6.07 Å². The summed E-state index contributed by atoms with van der Waals surface area (Å²) in [5.41, 5.74) is 0.579. The lowest BCUT2D eigenvalue weighted by atomic mass is 10.3. The minimum atomic E-state index is 0.182. The zero-order valence-corrected chi connectivity index (χ0v) is 4.78. The molecule has 9 heavy (non-hydrogen) atoms. The number of phenolic OH excluding ortho intramolecular Hbond substituents is 1. The van der Waals surface area contributed by atoms with Crippen LogP contribution in [-0.4, -0.2) is 5.11 Å². The summed E-state index contributed by atoms with van der Waals surface area (Å²) in [6.45, 7) is 4.93. The van der Waals surface area contributed by atoms with Gasteiger partial charge in [0.25, 0.3) is 6.57 Å². The van der Waals surface area contributed by atoms with Crippen LogP contribution in [0.2, 0.25) is 0 Å². The number of aromatic hydroxyl groups is 1. The van der Waals surface area contributed by atoms with Crippen molar-refractivity contribution >= 4 is 5.69 Å². The van der Waals surface area contributed by atoms with Crippen LogP contribution in [0, 0.1) is 6.57 Å². The Kier molecular flexibility index (Phi) is 1.37. The van der Waals surface area contributed by atoms with E-state index in [0.717, 1.165) is 0 Å². The van der Waals surface area contributed by atoms with Crippen LogP contribution in [0.4, 0.5) is 5.69 Å². The lowest BCUT2D eigenvalue weighted by molar-refractivity contribution is 0.476. The highest BCUT2D eigenvalue weighted by Gasteiger charge is 1.97. The van der Waals surface area contributed by atoms with E-state index in [1.54, 1.807) is 18.2 Å². The molecule has 0 unspecified atom stereocenters. The van der Waals surface area contributed by atoms with Crippen molar-refractivity contribution in [2.24, 2.45) is 0 Å². The van der Waals surface area contributed by atoms with E-state index in [9.17, 15) is 0 Å². The minimum absolute atomic E-state index is 0.182. The Morgan fingerprint density at radius 2 is 2.22 bits per heavy atom. The van der Waals surface area contributed by atoms with E-state index in [0.29, 0.717) is 5.69 Å². The topological polar surface area (TPSA) is 24.6 Å². The predicted molar refractivity (Wildman–Crippen MR) is 36.1 cm³/mol. The van der Waals surface area contributed by atoms with Crippen LogP contribution in [0.5, 0.6) is 5.75 Å². The van der Waals surface area contributed by atoms with Gasteiger partial charge in [-0.25, -0.2) is 0 Å². The molecule has 0 aliphatic heterocycles. The molecule has 0 atom stereocenters. The Bertz CT molecular complexity index is 249. The smallest absolute Gasteiger partial charge is 0.343 e. The molecule has 44 valence electrons.